The van der Waals surface area contributed by atoms with Crippen LogP contribution in [0, 0.1) is 10.1 Å². The number of nitro groups is 1. The van der Waals surface area contributed by atoms with Gasteiger partial charge >= 0.3 is 0 Å². The largest absolute Gasteiger partial charge is 0.493 e. The van der Waals surface area contributed by atoms with Crippen molar-refractivity contribution in [1.82, 2.24) is 4.90 Å². The topological polar surface area (TPSA) is 91.1 Å². The second-order valence-corrected chi connectivity index (χ2v) is 8.29. The van der Waals surface area contributed by atoms with E-state index in [1.54, 1.807) is 25.2 Å². The van der Waals surface area contributed by atoms with Gasteiger partial charge in [-0.3, -0.25) is 14.9 Å². The highest BCUT2D eigenvalue weighted by Crippen LogP contribution is 2.39. The van der Waals surface area contributed by atoms with Gasteiger partial charge in [-0.2, -0.15) is 0 Å². The van der Waals surface area contributed by atoms with Gasteiger partial charge in [0.25, 0.3) is 11.6 Å². The fourth-order valence-corrected chi connectivity index (χ4v) is 4.37. The van der Waals surface area contributed by atoms with Gasteiger partial charge in [0.2, 0.25) is 0 Å². The highest BCUT2D eigenvalue weighted by molar-refractivity contribution is 5.95. The van der Waals surface area contributed by atoms with Crippen molar-refractivity contribution in [2.24, 2.45) is 0 Å². The van der Waals surface area contributed by atoms with E-state index in [2.05, 4.69) is 6.92 Å². The Hall–Kier alpha value is -4.07. The lowest BCUT2D eigenvalue weighted by molar-refractivity contribution is -0.384. The maximum atomic E-state index is 13.6. The Morgan fingerprint density at radius 2 is 1.77 bits per heavy atom. The van der Waals surface area contributed by atoms with Crippen molar-refractivity contribution in [3.8, 4) is 17.2 Å². The van der Waals surface area contributed by atoms with Crippen LogP contribution in [0.15, 0.2) is 60.7 Å². The zero-order valence-electron chi connectivity index (χ0n) is 20.0. The number of hydrogen-bond donors (Lipinski definition) is 0. The van der Waals surface area contributed by atoms with E-state index in [0.717, 1.165) is 17.5 Å². The van der Waals surface area contributed by atoms with E-state index >= 15 is 0 Å². The second-order valence-electron chi connectivity index (χ2n) is 8.29. The normalized spacial score (nSPS) is 14.7. The summed E-state index contributed by atoms with van der Waals surface area (Å²) in [5.74, 6) is 1.61. The van der Waals surface area contributed by atoms with Gasteiger partial charge in [0.15, 0.2) is 11.5 Å². The SMILES string of the molecule is CCc1ccc(OC[C@@H]2c3cc(OC)c(OC)cc3CCN2C(=O)c2cccc([N+](=O)[O-])c2)cc1. The number of non-ortho nitro benzene ring substituents is 1. The number of benzene rings is 3. The molecule has 1 amide bonds. The zero-order chi connectivity index (χ0) is 24.9. The molecule has 1 atom stereocenters. The van der Waals surface area contributed by atoms with E-state index in [4.69, 9.17) is 14.2 Å². The Labute approximate surface area is 204 Å². The van der Waals surface area contributed by atoms with Crippen molar-refractivity contribution in [3.05, 3.63) is 93.0 Å². The van der Waals surface area contributed by atoms with E-state index in [0.29, 0.717) is 30.2 Å². The molecular formula is C27H28N2O6. The highest BCUT2D eigenvalue weighted by atomic mass is 16.6. The molecule has 0 fully saturated rings. The van der Waals surface area contributed by atoms with E-state index in [-0.39, 0.29) is 23.8 Å². The molecule has 8 nitrogen and oxygen atoms in total. The minimum atomic E-state index is -0.500. The van der Waals surface area contributed by atoms with Crippen LogP contribution in [-0.4, -0.2) is 43.1 Å². The molecule has 0 aromatic heterocycles. The van der Waals surface area contributed by atoms with Crippen molar-refractivity contribution >= 4 is 11.6 Å². The fourth-order valence-electron chi connectivity index (χ4n) is 4.37. The van der Waals surface area contributed by atoms with Gasteiger partial charge in [-0.15, -0.1) is 0 Å². The lowest BCUT2D eigenvalue weighted by atomic mass is 9.91. The number of aryl methyl sites for hydroxylation is 1. The maximum absolute atomic E-state index is 13.6. The molecule has 35 heavy (non-hydrogen) atoms. The highest BCUT2D eigenvalue weighted by Gasteiger charge is 2.33. The molecule has 3 aromatic rings. The number of hydrogen-bond acceptors (Lipinski definition) is 6. The van der Waals surface area contributed by atoms with E-state index < -0.39 is 11.0 Å². The minimum absolute atomic E-state index is 0.122. The summed E-state index contributed by atoms with van der Waals surface area (Å²) in [7, 11) is 3.16. The van der Waals surface area contributed by atoms with E-state index in [1.165, 1.54) is 23.8 Å². The van der Waals surface area contributed by atoms with Gasteiger partial charge in [0.1, 0.15) is 12.4 Å². The van der Waals surface area contributed by atoms with Crippen LogP contribution in [0.25, 0.3) is 0 Å². The smallest absolute Gasteiger partial charge is 0.270 e. The number of methoxy groups -OCH3 is 2. The van der Waals surface area contributed by atoms with Crippen LogP contribution >= 0.6 is 0 Å². The van der Waals surface area contributed by atoms with E-state index in [9.17, 15) is 14.9 Å². The number of fused-ring (bicyclic) bond motifs is 1. The summed E-state index contributed by atoms with van der Waals surface area (Å²) in [6.45, 7) is 2.75. The Morgan fingerprint density at radius 1 is 1.06 bits per heavy atom. The number of carbonyl (C=O) groups is 1. The molecule has 0 aliphatic carbocycles. The fraction of sp³-hybridized carbons (Fsp3) is 0.296. The van der Waals surface area contributed by atoms with Crippen LogP contribution in [0.2, 0.25) is 0 Å². The number of amides is 1. The van der Waals surface area contributed by atoms with Gasteiger partial charge in [-0.1, -0.05) is 25.1 Å². The molecule has 1 aliphatic heterocycles. The molecule has 3 aromatic carbocycles. The maximum Gasteiger partial charge on any atom is 0.270 e. The summed E-state index contributed by atoms with van der Waals surface area (Å²) in [5.41, 5.74) is 3.29. The van der Waals surface area contributed by atoms with Gasteiger partial charge in [-0.05, 0) is 59.9 Å². The Bertz CT molecular complexity index is 1220. The Morgan fingerprint density at radius 3 is 2.43 bits per heavy atom. The molecule has 0 saturated heterocycles. The standard InChI is InChI=1S/C27H28N2O6/c1-4-18-8-10-22(11-9-18)35-17-24-23-16-26(34-3)25(33-2)15-19(23)12-13-28(24)27(30)20-6-5-7-21(14-20)29(31)32/h5-11,14-16,24H,4,12-13,17H2,1-3H3/t24-/m1/s1. The molecule has 4 rings (SSSR count). The molecule has 1 heterocycles. The lowest BCUT2D eigenvalue weighted by Crippen LogP contribution is -2.42. The van der Waals surface area contributed by atoms with Gasteiger partial charge in [-0.25, -0.2) is 0 Å². The molecule has 0 spiro atoms. The molecule has 0 N–H and O–H groups in total. The first-order valence-electron chi connectivity index (χ1n) is 11.5. The monoisotopic (exact) mass is 476 g/mol. The molecule has 8 heteroatoms. The summed E-state index contributed by atoms with van der Waals surface area (Å²) < 4.78 is 17.1. The average Bonchev–Trinajstić information content (AvgIpc) is 2.90. The lowest BCUT2D eigenvalue weighted by Gasteiger charge is -2.37. The third-order valence-electron chi connectivity index (χ3n) is 6.31. The summed E-state index contributed by atoms with van der Waals surface area (Å²) in [6.07, 6.45) is 1.54. The number of ether oxygens (including phenoxy) is 3. The van der Waals surface area contributed by atoms with Crippen molar-refractivity contribution in [2.75, 3.05) is 27.4 Å². The predicted molar refractivity (Wildman–Crippen MR) is 131 cm³/mol. The third kappa shape index (κ3) is 5.06. The van der Waals surface area contributed by atoms with Gasteiger partial charge in [0.05, 0.1) is 25.2 Å². The average molecular weight is 477 g/mol. The summed E-state index contributed by atoms with van der Waals surface area (Å²) in [4.78, 5) is 26.0. The van der Waals surface area contributed by atoms with Crippen molar-refractivity contribution in [2.45, 2.75) is 25.8 Å². The summed E-state index contributed by atoms with van der Waals surface area (Å²) in [6, 6.07) is 17.1. The third-order valence-corrected chi connectivity index (χ3v) is 6.31. The summed E-state index contributed by atoms with van der Waals surface area (Å²) >= 11 is 0. The van der Waals surface area contributed by atoms with Crippen LogP contribution in [0.5, 0.6) is 17.2 Å². The molecule has 0 saturated carbocycles. The Kier molecular flexibility index (Phi) is 7.19. The summed E-state index contributed by atoms with van der Waals surface area (Å²) in [5, 5.41) is 11.3. The predicted octanol–water partition coefficient (Wildman–Crippen LogP) is 4.99. The number of nitro benzene ring substituents is 1. The molecule has 182 valence electrons. The molecule has 1 aliphatic rings. The van der Waals surface area contributed by atoms with Crippen LogP contribution in [0.3, 0.4) is 0 Å². The van der Waals surface area contributed by atoms with Crippen LogP contribution in [-0.2, 0) is 12.8 Å². The molecule has 0 bridgehead atoms. The molecule has 0 unspecified atom stereocenters. The quantitative estimate of drug-likeness (QED) is 0.336. The molecule has 0 radical (unpaired) electrons. The Balaban J connectivity index is 1.70. The van der Waals surface area contributed by atoms with Crippen molar-refractivity contribution in [1.29, 1.82) is 0 Å². The number of nitrogens with zero attached hydrogens (tertiary/aromatic N) is 2. The molecular weight excluding hydrogens is 448 g/mol. The number of carbonyl (C=O) groups excluding carboxylic acids is 1. The first-order valence-corrected chi connectivity index (χ1v) is 11.5. The van der Waals surface area contributed by atoms with Crippen molar-refractivity contribution in [3.63, 3.8) is 0 Å². The van der Waals surface area contributed by atoms with E-state index in [1.807, 2.05) is 36.4 Å². The minimum Gasteiger partial charge on any atom is -0.493 e. The second kappa shape index (κ2) is 10.5. The van der Waals surface area contributed by atoms with Gasteiger partial charge in [0, 0.05) is 24.2 Å². The number of rotatable bonds is 8. The van der Waals surface area contributed by atoms with Crippen LogP contribution in [0.1, 0.15) is 40.0 Å². The first kappa shape index (κ1) is 24.1. The van der Waals surface area contributed by atoms with Crippen LogP contribution in [0.4, 0.5) is 5.69 Å². The van der Waals surface area contributed by atoms with Crippen LogP contribution < -0.4 is 14.2 Å². The zero-order valence-corrected chi connectivity index (χ0v) is 20.0. The van der Waals surface area contributed by atoms with Gasteiger partial charge < -0.3 is 19.1 Å². The van der Waals surface area contributed by atoms with Crippen molar-refractivity contribution < 1.29 is 23.9 Å². The first-order chi connectivity index (χ1) is 16.9.